The van der Waals surface area contributed by atoms with Crippen molar-refractivity contribution >= 4 is 17.7 Å². The zero-order valence-corrected chi connectivity index (χ0v) is 14.8. The van der Waals surface area contributed by atoms with Crippen LogP contribution in [-0.2, 0) is 5.75 Å². The molecule has 0 fully saturated rings. The third kappa shape index (κ3) is 2.89. The lowest BCUT2D eigenvalue weighted by Gasteiger charge is -2.26. The van der Waals surface area contributed by atoms with Gasteiger partial charge in [0, 0.05) is 22.1 Å². The van der Waals surface area contributed by atoms with Crippen LogP contribution < -0.4 is 4.74 Å². The van der Waals surface area contributed by atoms with E-state index in [2.05, 4.69) is 47.5 Å². The summed E-state index contributed by atoms with van der Waals surface area (Å²) in [6.45, 7) is 2.06. The number of furan rings is 1. The molecule has 26 heavy (non-hydrogen) atoms. The van der Waals surface area contributed by atoms with Crippen molar-refractivity contribution in [3.63, 3.8) is 0 Å². The molecule has 130 valence electrons. The lowest BCUT2D eigenvalue weighted by molar-refractivity contribution is 0.435. The van der Waals surface area contributed by atoms with Crippen LogP contribution in [-0.4, -0.2) is 16.1 Å². The number of aryl methyl sites for hydroxylation is 1. The number of H-pyrrole nitrogens is 1. The van der Waals surface area contributed by atoms with Crippen molar-refractivity contribution < 1.29 is 9.15 Å². The number of nitrogens with one attached hydrogen (secondary N) is 2. The van der Waals surface area contributed by atoms with Crippen LogP contribution in [0.5, 0.6) is 5.88 Å². The van der Waals surface area contributed by atoms with Crippen molar-refractivity contribution in [1.82, 2.24) is 10.2 Å². The summed E-state index contributed by atoms with van der Waals surface area (Å²) in [6, 6.07) is 12.3. The lowest BCUT2D eigenvalue weighted by Crippen LogP contribution is -2.30. The van der Waals surface area contributed by atoms with E-state index >= 15 is 0 Å². The number of hydrogen-bond donors (Lipinski definition) is 2. The van der Waals surface area contributed by atoms with E-state index in [1.165, 1.54) is 5.56 Å². The number of nitrogens with zero attached hydrogens (tertiary/aromatic N) is 2. The smallest absolute Gasteiger partial charge is 0.243 e. The van der Waals surface area contributed by atoms with Crippen molar-refractivity contribution in [3.05, 3.63) is 65.2 Å². The summed E-state index contributed by atoms with van der Waals surface area (Å²) in [4.78, 5) is 1.15. The molecule has 0 aliphatic carbocycles. The first-order valence-corrected chi connectivity index (χ1v) is 9.10. The second-order valence-corrected chi connectivity index (χ2v) is 7.18. The molecule has 7 heteroatoms. The highest BCUT2D eigenvalue weighted by molar-refractivity contribution is 7.98. The molecule has 0 bridgehead atoms. The minimum atomic E-state index is -0.708. The normalized spacial score (nSPS) is 18.8. The molecule has 0 radical (unpaired) electrons. The van der Waals surface area contributed by atoms with E-state index in [1.54, 1.807) is 24.3 Å². The summed E-state index contributed by atoms with van der Waals surface area (Å²) < 4.78 is 10.7. The van der Waals surface area contributed by atoms with Crippen LogP contribution in [0.4, 0.5) is 0 Å². The van der Waals surface area contributed by atoms with Gasteiger partial charge in [-0.05, 0) is 30.7 Å². The zero-order chi connectivity index (χ0) is 18.1. The van der Waals surface area contributed by atoms with Gasteiger partial charge in [0.15, 0.2) is 0 Å². The van der Waals surface area contributed by atoms with Crippen LogP contribution >= 0.6 is 11.8 Å². The van der Waals surface area contributed by atoms with Gasteiger partial charge in [0.2, 0.25) is 11.8 Å². The van der Waals surface area contributed by atoms with Crippen LogP contribution in [0.1, 0.15) is 28.3 Å². The van der Waals surface area contributed by atoms with E-state index in [0.717, 1.165) is 21.7 Å². The Morgan fingerprint density at radius 1 is 1.31 bits per heavy atom. The van der Waals surface area contributed by atoms with Gasteiger partial charge in [0.05, 0.1) is 24.3 Å². The predicted octanol–water partition coefficient (Wildman–Crippen LogP) is 4.24. The molecule has 0 amide bonds. The lowest BCUT2D eigenvalue weighted by atomic mass is 9.81. The maximum atomic E-state index is 9.58. The summed E-state index contributed by atoms with van der Waals surface area (Å²) in [5.41, 5.74) is 3.78. The summed E-state index contributed by atoms with van der Waals surface area (Å²) in [7, 11) is 0. The standard InChI is InChI=1S/C19H16N4O2S/c1-11-2-4-13(5-3-11)26-10-15-17-16(12-6-7-24-9-12)14(8-20)18(21)25-19(17)23-22-15/h2-7,9,14,16,21H,10H2,1H3,(H,22,23). The minimum Gasteiger partial charge on any atom is -0.472 e. The van der Waals surface area contributed by atoms with Crippen molar-refractivity contribution in [3.8, 4) is 11.9 Å². The highest BCUT2D eigenvalue weighted by atomic mass is 32.2. The van der Waals surface area contributed by atoms with Crippen molar-refractivity contribution in [2.24, 2.45) is 5.92 Å². The Morgan fingerprint density at radius 2 is 2.12 bits per heavy atom. The molecule has 0 spiro atoms. The van der Waals surface area contributed by atoms with Gasteiger partial charge in [-0.1, -0.05) is 17.7 Å². The molecule has 1 aromatic carbocycles. The fraction of sp³-hybridized carbons (Fsp3) is 0.211. The molecule has 6 nitrogen and oxygen atoms in total. The Hall–Kier alpha value is -2.98. The summed E-state index contributed by atoms with van der Waals surface area (Å²) in [5.74, 6) is -0.0972. The summed E-state index contributed by atoms with van der Waals surface area (Å²) in [6.07, 6.45) is 3.19. The molecule has 1 aliphatic rings. The number of aromatic amines is 1. The number of rotatable bonds is 4. The molecule has 0 saturated heterocycles. The first kappa shape index (κ1) is 16.5. The predicted molar refractivity (Wildman–Crippen MR) is 97.3 cm³/mol. The Bertz CT molecular complexity index is 970. The molecular formula is C19H16N4O2S. The van der Waals surface area contributed by atoms with Crippen LogP contribution in [0.15, 0.2) is 52.2 Å². The zero-order valence-electron chi connectivity index (χ0n) is 14.0. The van der Waals surface area contributed by atoms with Gasteiger partial charge < -0.3 is 9.15 Å². The highest BCUT2D eigenvalue weighted by Crippen LogP contribution is 2.44. The van der Waals surface area contributed by atoms with E-state index in [0.29, 0.717) is 11.6 Å². The molecule has 1 aliphatic heterocycles. The molecule has 2 aromatic heterocycles. The van der Waals surface area contributed by atoms with Gasteiger partial charge in [0.1, 0.15) is 5.92 Å². The maximum absolute atomic E-state index is 9.58. The quantitative estimate of drug-likeness (QED) is 0.675. The number of nitriles is 1. The molecule has 2 N–H and O–H groups in total. The van der Waals surface area contributed by atoms with Crippen LogP contribution in [0.3, 0.4) is 0 Å². The minimum absolute atomic E-state index is 0.0876. The monoisotopic (exact) mass is 364 g/mol. The first-order chi connectivity index (χ1) is 12.7. The second-order valence-electron chi connectivity index (χ2n) is 6.13. The average Bonchev–Trinajstić information content (AvgIpc) is 3.30. The van der Waals surface area contributed by atoms with Crippen LogP contribution in [0.2, 0.25) is 0 Å². The van der Waals surface area contributed by atoms with E-state index in [9.17, 15) is 5.26 Å². The van der Waals surface area contributed by atoms with E-state index in [4.69, 9.17) is 14.6 Å². The topological polar surface area (TPSA) is 98.7 Å². The van der Waals surface area contributed by atoms with Gasteiger partial charge in [0.25, 0.3) is 0 Å². The third-order valence-electron chi connectivity index (χ3n) is 4.43. The number of thioether (sulfide) groups is 1. The molecule has 2 atom stereocenters. The van der Waals surface area contributed by atoms with Crippen molar-refractivity contribution in [2.75, 3.05) is 0 Å². The number of hydrogen-bond acceptors (Lipinski definition) is 6. The molecular weight excluding hydrogens is 348 g/mol. The van der Waals surface area contributed by atoms with Gasteiger partial charge >= 0.3 is 0 Å². The van der Waals surface area contributed by atoms with Crippen LogP contribution in [0, 0.1) is 29.6 Å². The fourth-order valence-corrected chi connectivity index (χ4v) is 3.96. The van der Waals surface area contributed by atoms with Crippen molar-refractivity contribution in [1.29, 1.82) is 10.7 Å². The average molecular weight is 364 g/mol. The Labute approximate surface area is 154 Å². The van der Waals surface area contributed by atoms with Crippen LogP contribution in [0.25, 0.3) is 0 Å². The van der Waals surface area contributed by atoms with E-state index < -0.39 is 5.92 Å². The van der Waals surface area contributed by atoms with Gasteiger partial charge in [-0.15, -0.1) is 16.9 Å². The van der Waals surface area contributed by atoms with Crippen molar-refractivity contribution in [2.45, 2.75) is 23.5 Å². The summed E-state index contributed by atoms with van der Waals surface area (Å²) >= 11 is 1.68. The largest absolute Gasteiger partial charge is 0.472 e. The molecule has 4 rings (SSSR count). The SMILES string of the molecule is Cc1ccc(SCc2[nH]nc3c2C(c2ccoc2)C(C#N)C(=N)O3)cc1. The molecule has 0 saturated carbocycles. The Balaban J connectivity index is 1.68. The first-order valence-electron chi connectivity index (χ1n) is 8.12. The van der Waals surface area contributed by atoms with Gasteiger partial charge in [-0.25, -0.2) is 0 Å². The number of benzene rings is 1. The number of fused-ring (bicyclic) bond motifs is 1. The van der Waals surface area contributed by atoms with E-state index in [-0.39, 0.29) is 11.8 Å². The molecule has 3 heterocycles. The van der Waals surface area contributed by atoms with E-state index in [1.807, 2.05) is 6.07 Å². The molecule has 2 unspecified atom stereocenters. The second kappa shape index (κ2) is 6.73. The Morgan fingerprint density at radius 3 is 2.81 bits per heavy atom. The Kier molecular flexibility index (Phi) is 4.27. The number of ether oxygens (including phenoxy) is 1. The summed E-state index contributed by atoms with van der Waals surface area (Å²) in [5, 5.41) is 24.9. The maximum Gasteiger partial charge on any atom is 0.243 e. The third-order valence-corrected chi connectivity index (χ3v) is 5.47. The van der Waals surface area contributed by atoms with Gasteiger partial charge in [-0.3, -0.25) is 10.5 Å². The molecule has 3 aromatic rings. The van der Waals surface area contributed by atoms with Gasteiger partial charge in [-0.2, -0.15) is 5.26 Å². The highest BCUT2D eigenvalue weighted by Gasteiger charge is 2.40. The number of aromatic nitrogens is 2. The fourth-order valence-electron chi connectivity index (χ4n) is 3.10.